The number of hydrogen-bond acceptors (Lipinski definition) is 0. The summed E-state index contributed by atoms with van der Waals surface area (Å²) in [4.78, 5) is 0. The van der Waals surface area contributed by atoms with Crippen molar-refractivity contribution >= 4 is 0 Å². The molecule has 0 aliphatic rings. The Morgan fingerprint density at radius 2 is 1.65 bits per heavy atom. The molecule has 0 saturated carbocycles. The van der Waals surface area contributed by atoms with Gasteiger partial charge in [0, 0.05) is 0 Å². The standard InChI is InChI=1S/2C10H18/c1-5-10(4)8-6-7-9(2)3;1-3-5-7-9-10-8-6-4-2/h7-8H,5-6H2,1-4H3;3,5,7H,1,4,6,8-10H2,2H3. The summed E-state index contributed by atoms with van der Waals surface area (Å²) in [7, 11) is 0. The molecule has 0 heterocycles. The molecule has 0 N–H and O–H groups in total. The zero-order chi connectivity index (χ0) is 15.6. The van der Waals surface area contributed by atoms with E-state index in [-0.39, 0.29) is 0 Å². The summed E-state index contributed by atoms with van der Waals surface area (Å²) in [5, 5.41) is 0. The highest BCUT2D eigenvalue weighted by Gasteiger charge is 1.82. The first kappa shape index (κ1) is 21.3. The highest BCUT2D eigenvalue weighted by atomic mass is 13.9. The van der Waals surface area contributed by atoms with Crippen LogP contribution in [0.2, 0.25) is 0 Å². The lowest BCUT2D eigenvalue weighted by molar-refractivity contribution is 0.674. The van der Waals surface area contributed by atoms with Crippen LogP contribution in [-0.4, -0.2) is 0 Å². The zero-order valence-electron chi connectivity index (χ0n) is 14.5. The van der Waals surface area contributed by atoms with E-state index in [0.717, 1.165) is 6.42 Å². The van der Waals surface area contributed by atoms with Gasteiger partial charge in [0.05, 0.1) is 0 Å². The van der Waals surface area contributed by atoms with Crippen LogP contribution in [0.1, 0.15) is 79.6 Å². The van der Waals surface area contributed by atoms with Crippen molar-refractivity contribution in [1.82, 2.24) is 0 Å². The van der Waals surface area contributed by atoms with E-state index in [1.807, 2.05) is 12.2 Å². The third-order valence-electron chi connectivity index (χ3n) is 3.05. The molecule has 0 aromatic carbocycles. The van der Waals surface area contributed by atoms with E-state index >= 15 is 0 Å². The molecule has 20 heavy (non-hydrogen) atoms. The third kappa shape index (κ3) is 22.2. The van der Waals surface area contributed by atoms with Crippen molar-refractivity contribution in [3.05, 3.63) is 48.1 Å². The van der Waals surface area contributed by atoms with E-state index in [1.165, 1.54) is 49.7 Å². The van der Waals surface area contributed by atoms with Crippen molar-refractivity contribution in [3.8, 4) is 0 Å². The van der Waals surface area contributed by atoms with Gasteiger partial charge < -0.3 is 0 Å². The molecule has 0 spiro atoms. The quantitative estimate of drug-likeness (QED) is 0.234. The maximum absolute atomic E-state index is 3.61. The molecule has 0 bridgehead atoms. The summed E-state index contributed by atoms with van der Waals surface area (Å²) in [5.41, 5.74) is 2.89. The summed E-state index contributed by atoms with van der Waals surface area (Å²) in [6.07, 6.45) is 19.5. The van der Waals surface area contributed by atoms with Gasteiger partial charge in [0.1, 0.15) is 0 Å². The van der Waals surface area contributed by atoms with Crippen LogP contribution in [-0.2, 0) is 0 Å². The minimum absolute atomic E-state index is 1.10. The number of hydrogen-bond donors (Lipinski definition) is 0. The second-order valence-electron chi connectivity index (χ2n) is 5.43. The fourth-order valence-corrected chi connectivity index (χ4v) is 1.52. The largest absolute Gasteiger partial charge is 0.0991 e. The van der Waals surface area contributed by atoms with Crippen molar-refractivity contribution in [2.24, 2.45) is 0 Å². The van der Waals surface area contributed by atoms with Crippen LogP contribution < -0.4 is 0 Å². The van der Waals surface area contributed by atoms with Gasteiger partial charge in [-0.25, -0.2) is 0 Å². The summed E-state index contributed by atoms with van der Waals surface area (Å²) in [5.74, 6) is 0. The van der Waals surface area contributed by atoms with Crippen LogP contribution in [0.3, 0.4) is 0 Å². The van der Waals surface area contributed by atoms with Crippen molar-refractivity contribution in [3.63, 3.8) is 0 Å². The molecule has 0 heteroatoms. The monoisotopic (exact) mass is 276 g/mol. The second-order valence-corrected chi connectivity index (χ2v) is 5.43. The number of unbranched alkanes of at least 4 members (excludes halogenated alkanes) is 4. The van der Waals surface area contributed by atoms with E-state index in [9.17, 15) is 0 Å². The Labute approximate surface area is 128 Å². The molecular weight excluding hydrogens is 240 g/mol. The van der Waals surface area contributed by atoms with Crippen molar-refractivity contribution in [1.29, 1.82) is 0 Å². The molecular formula is C20H36. The van der Waals surface area contributed by atoms with Gasteiger partial charge in [-0.3, -0.25) is 0 Å². The van der Waals surface area contributed by atoms with E-state index in [2.05, 4.69) is 59.4 Å². The molecule has 0 aliphatic heterocycles. The normalized spacial score (nSPS) is 10.9. The Hall–Kier alpha value is -1.04. The maximum atomic E-state index is 3.61. The molecule has 0 unspecified atom stereocenters. The highest BCUT2D eigenvalue weighted by molar-refractivity contribution is 5.04. The first-order valence-electron chi connectivity index (χ1n) is 8.14. The molecule has 0 aromatic rings. The van der Waals surface area contributed by atoms with Crippen molar-refractivity contribution in [2.45, 2.75) is 79.6 Å². The first-order chi connectivity index (χ1) is 9.58. The van der Waals surface area contributed by atoms with Gasteiger partial charge in [-0.05, 0) is 46.5 Å². The second kappa shape index (κ2) is 18.0. The molecule has 0 fully saturated rings. The topological polar surface area (TPSA) is 0 Å². The predicted molar refractivity (Wildman–Crippen MR) is 96.2 cm³/mol. The summed E-state index contributed by atoms with van der Waals surface area (Å²) in [6.45, 7) is 14.5. The highest BCUT2D eigenvalue weighted by Crippen LogP contribution is 2.02. The Morgan fingerprint density at radius 3 is 2.15 bits per heavy atom. The molecule has 0 aliphatic carbocycles. The van der Waals surface area contributed by atoms with Gasteiger partial charge >= 0.3 is 0 Å². The third-order valence-corrected chi connectivity index (χ3v) is 3.05. The van der Waals surface area contributed by atoms with E-state index in [1.54, 1.807) is 0 Å². The minimum Gasteiger partial charge on any atom is -0.0991 e. The molecule has 116 valence electrons. The van der Waals surface area contributed by atoms with Crippen LogP contribution in [0.15, 0.2) is 48.1 Å². The SMILES string of the molecule is C=CC=CCCCCCC.CCC(C)=CCC=C(C)C. The van der Waals surface area contributed by atoms with Gasteiger partial charge in [0.2, 0.25) is 0 Å². The van der Waals surface area contributed by atoms with Crippen molar-refractivity contribution in [2.75, 3.05) is 0 Å². The van der Waals surface area contributed by atoms with Crippen LogP contribution in [0.25, 0.3) is 0 Å². The Kier molecular flexibility index (Phi) is 19.1. The van der Waals surface area contributed by atoms with Gasteiger partial charge in [-0.2, -0.15) is 0 Å². The smallest absolute Gasteiger partial charge is 0.0164 e. The fourth-order valence-electron chi connectivity index (χ4n) is 1.52. The average Bonchev–Trinajstić information content (AvgIpc) is 2.43. The lowest BCUT2D eigenvalue weighted by Gasteiger charge is -1.92. The van der Waals surface area contributed by atoms with Crippen LogP contribution in [0, 0.1) is 0 Å². The molecule has 0 radical (unpaired) electrons. The van der Waals surface area contributed by atoms with Gasteiger partial charge in [-0.1, -0.05) is 81.2 Å². The van der Waals surface area contributed by atoms with E-state index in [0.29, 0.717) is 0 Å². The first-order valence-corrected chi connectivity index (χ1v) is 8.14. The fraction of sp³-hybridized carbons (Fsp3) is 0.600. The van der Waals surface area contributed by atoms with Crippen LogP contribution >= 0.6 is 0 Å². The zero-order valence-corrected chi connectivity index (χ0v) is 14.5. The van der Waals surface area contributed by atoms with E-state index < -0.39 is 0 Å². The number of rotatable bonds is 9. The van der Waals surface area contributed by atoms with Crippen LogP contribution in [0.4, 0.5) is 0 Å². The number of allylic oxidation sites excluding steroid dienone is 7. The molecule has 0 atom stereocenters. The molecule has 0 nitrogen and oxygen atoms in total. The van der Waals surface area contributed by atoms with Gasteiger partial charge in [0.25, 0.3) is 0 Å². The molecule has 0 amide bonds. The summed E-state index contributed by atoms with van der Waals surface area (Å²) in [6, 6.07) is 0. The lowest BCUT2D eigenvalue weighted by atomic mass is 10.1. The van der Waals surface area contributed by atoms with Crippen molar-refractivity contribution < 1.29 is 0 Å². The summed E-state index contributed by atoms with van der Waals surface area (Å²) < 4.78 is 0. The van der Waals surface area contributed by atoms with Crippen LogP contribution in [0.5, 0.6) is 0 Å². The molecule has 0 rings (SSSR count). The molecule has 0 saturated heterocycles. The summed E-state index contributed by atoms with van der Waals surface area (Å²) >= 11 is 0. The minimum atomic E-state index is 1.10. The van der Waals surface area contributed by atoms with Gasteiger partial charge in [-0.15, -0.1) is 0 Å². The maximum Gasteiger partial charge on any atom is -0.0164 e. The predicted octanol–water partition coefficient (Wildman–Crippen LogP) is 7.40. The Morgan fingerprint density at radius 1 is 0.950 bits per heavy atom. The van der Waals surface area contributed by atoms with Gasteiger partial charge in [0.15, 0.2) is 0 Å². The Bertz CT molecular complexity index is 285. The molecule has 0 aromatic heterocycles. The van der Waals surface area contributed by atoms with E-state index in [4.69, 9.17) is 0 Å². The lowest BCUT2D eigenvalue weighted by Crippen LogP contribution is -1.72. The Balaban J connectivity index is 0. The average molecular weight is 277 g/mol.